The summed E-state index contributed by atoms with van der Waals surface area (Å²) in [5.41, 5.74) is 0. The van der Waals surface area contributed by atoms with Crippen LogP contribution in [0.15, 0.2) is 11.2 Å². The summed E-state index contributed by atoms with van der Waals surface area (Å²) in [5.74, 6) is 1.54. The second kappa shape index (κ2) is 13.5. The first-order chi connectivity index (χ1) is 14.2. The normalized spacial score (nSPS) is 18.3. The number of thiazole rings is 1. The highest BCUT2D eigenvalue weighted by Gasteiger charge is 2.29. The number of piperazine rings is 1. The number of aromatic nitrogens is 1. The Kier molecular flexibility index (Phi) is 11.4. The first-order valence-corrected chi connectivity index (χ1v) is 11.9. The Morgan fingerprint density at radius 1 is 1.20 bits per heavy atom. The number of aryl methyl sites for hydroxylation is 1. The Morgan fingerprint density at radius 2 is 1.90 bits per heavy atom. The maximum atomic E-state index is 12.5. The van der Waals surface area contributed by atoms with Gasteiger partial charge in [-0.2, -0.15) is 0 Å². The maximum Gasteiger partial charge on any atom is 0.225 e. The number of halogens is 1. The van der Waals surface area contributed by atoms with E-state index in [0.717, 1.165) is 77.5 Å². The average Bonchev–Trinajstić information content (AvgIpc) is 3.45. The van der Waals surface area contributed by atoms with E-state index in [1.807, 2.05) is 6.20 Å². The van der Waals surface area contributed by atoms with Gasteiger partial charge in [0.1, 0.15) is 0 Å². The summed E-state index contributed by atoms with van der Waals surface area (Å²) < 4.78 is 0. The van der Waals surface area contributed by atoms with Crippen LogP contribution in [0.3, 0.4) is 0 Å². The van der Waals surface area contributed by atoms with Gasteiger partial charge < -0.3 is 15.5 Å². The van der Waals surface area contributed by atoms with Gasteiger partial charge in [0.05, 0.1) is 5.01 Å². The van der Waals surface area contributed by atoms with Crippen molar-refractivity contribution in [2.75, 3.05) is 52.9 Å². The standard InChI is InChI=1S/C21H36N6OS.HI/c1-3-18-16-25-19(29-18)8-9-23-21(22-2)24-10-11-26-12-14-27(15-13-26)20(28)17-6-4-5-7-17;/h16-17H,3-15H2,1-2H3,(H2,22,23,24);1H. The molecule has 30 heavy (non-hydrogen) atoms. The molecular formula is C21H37IN6OS. The highest BCUT2D eigenvalue weighted by molar-refractivity contribution is 14.0. The second-order valence-corrected chi connectivity index (χ2v) is 9.10. The number of nitrogens with zero attached hydrogens (tertiary/aromatic N) is 4. The predicted octanol–water partition coefficient (Wildman–Crippen LogP) is 2.37. The van der Waals surface area contributed by atoms with E-state index in [9.17, 15) is 4.79 Å². The summed E-state index contributed by atoms with van der Waals surface area (Å²) in [5, 5.41) is 7.94. The van der Waals surface area contributed by atoms with Crippen molar-refractivity contribution in [3.05, 3.63) is 16.1 Å². The molecule has 0 spiro atoms. The van der Waals surface area contributed by atoms with Gasteiger partial charge in [-0.25, -0.2) is 4.98 Å². The summed E-state index contributed by atoms with van der Waals surface area (Å²) in [6, 6.07) is 0. The largest absolute Gasteiger partial charge is 0.356 e. The van der Waals surface area contributed by atoms with E-state index >= 15 is 0 Å². The van der Waals surface area contributed by atoms with Crippen LogP contribution in [0.25, 0.3) is 0 Å². The fourth-order valence-corrected chi connectivity index (χ4v) is 4.95. The molecule has 170 valence electrons. The quantitative estimate of drug-likeness (QED) is 0.297. The fourth-order valence-electron chi connectivity index (χ4n) is 4.09. The van der Waals surface area contributed by atoms with Crippen LogP contribution in [0.1, 0.15) is 42.5 Å². The van der Waals surface area contributed by atoms with Gasteiger partial charge in [-0.15, -0.1) is 35.3 Å². The molecule has 1 aliphatic heterocycles. The monoisotopic (exact) mass is 548 g/mol. The zero-order chi connectivity index (χ0) is 20.5. The molecule has 1 aromatic rings. The fraction of sp³-hybridized carbons (Fsp3) is 0.762. The van der Waals surface area contributed by atoms with Crippen LogP contribution in [0.2, 0.25) is 0 Å². The van der Waals surface area contributed by atoms with E-state index in [1.54, 1.807) is 18.4 Å². The Balaban J connectivity index is 0.00000320. The van der Waals surface area contributed by atoms with Crippen molar-refractivity contribution in [3.63, 3.8) is 0 Å². The third kappa shape index (κ3) is 7.64. The Hall–Kier alpha value is -0.940. The number of hydrogen-bond acceptors (Lipinski definition) is 5. The van der Waals surface area contributed by atoms with Crippen LogP contribution in [0.5, 0.6) is 0 Å². The summed E-state index contributed by atoms with van der Waals surface area (Å²) in [4.78, 5) is 27.2. The molecule has 0 radical (unpaired) electrons. The highest BCUT2D eigenvalue weighted by atomic mass is 127. The van der Waals surface area contributed by atoms with Crippen LogP contribution >= 0.6 is 35.3 Å². The molecule has 3 rings (SSSR count). The molecular weight excluding hydrogens is 511 g/mol. The summed E-state index contributed by atoms with van der Waals surface area (Å²) in [6.07, 6.45) is 8.59. The van der Waals surface area contributed by atoms with Gasteiger partial charge in [-0.3, -0.25) is 14.7 Å². The Morgan fingerprint density at radius 3 is 2.53 bits per heavy atom. The minimum atomic E-state index is 0. The molecule has 0 atom stereocenters. The molecule has 0 unspecified atom stereocenters. The molecule has 0 bridgehead atoms. The third-order valence-electron chi connectivity index (χ3n) is 5.91. The minimum Gasteiger partial charge on any atom is -0.356 e. The average molecular weight is 549 g/mol. The topological polar surface area (TPSA) is 72.9 Å². The molecule has 2 N–H and O–H groups in total. The van der Waals surface area contributed by atoms with E-state index in [1.165, 1.54) is 22.7 Å². The lowest BCUT2D eigenvalue weighted by atomic mass is 10.1. The highest BCUT2D eigenvalue weighted by Crippen LogP contribution is 2.26. The van der Waals surface area contributed by atoms with Gasteiger partial charge >= 0.3 is 0 Å². The van der Waals surface area contributed by atoms with Crippen molar-refractivity contribution in [2.24, 2.45) is 10.9 Å². The number of guanidine groups is 1. The molecule has 2 heterocycles. The molecule has 2 aliphatic rings. The first-order valence-electron chi connectivity index (χ1n) is 11.1. The van der Waals surface area contributed by atoms with E-state index < -0.39 is 0 Å². The zero-order valence-corrected chi connectivity index (χ0v) is 21.5. The Labute approximate surface area is 202 Å². The summed E-state index contributed by atoms with van der Waals surface area (Å²) >= 11 is 1.79. The van der Waals surface area contributed by atoms with E-state index in [4.69, 9.17) is 0 Å². The van der Waals surface area contributed by atoms with Gasteiger partial charge in [0.15, 0.2) is 5.96 Å². The van der Waals surface area contributed by atoms with E-state index in [-0.39, 0.29) is 24.0 Å². The number of carbonyl (C=O) groups is 1. The van der Waals surface area contributed by atoms with E-state index in [2.05, 4.69) is 37.3 Å². The molecule has 1 saturated carbocycles. The van der Waals surface area contributed by atoms with Crippen LogP contribution in [-0.2, 0) is 17.6 Å². The van der Waals surface area contributed by atoms with Crippen LogP contribution in [-0.4, -0.2) is 79.5 Å². The third-order valence-corrected chi connectivity index (χ3v) is 7.12. The van der Waals surface area contributed by atoms with Crippen molar-refractivity contribution in [3.8, 4) is 0 Å². The van der Waals surface area contributed by atoms with Gasteiger partial charge in [0, 0.05) is 76.3 Å². The molecule has 7 nitrogen and oxygen atoms in total. The van der Waals surface area contributed by atoms with Gasteiger partial charge in [0.2, 0.25) is 5.91 Å². The number of hydrogen-bond donors (Lipinski definition) is 2. The van der Waals surface area contributed by atoms with Crippen molar-refractivity contribution >= 4 is 47.2 Å². The molecule has 0 aromatic carbocycles. The van der Waals surface area contributed by atoms with Crippen LogP contribution < -0.4 is 10.6 Å². The number of rotatable bonds is 8. The predicted molar refractivity (Wildman–Crippen MR) is 135 cm³/mol. The lowest BCUT2D eigenvalue weighted by Gasteiger charge is -2.36. The molecule has 1 amide bonds. The summed E-state index contributed by atoms with van der Waals surface area (Å²) in [7, 11) is 1.81. The Bertz CT molecular complexity index is 668. The number of carbonyl (C=O) groups excluding carboxylic acids is 1. The van der Waals surface area contributed by atoms with Crippen molar-refractivity contribution in [2.45, 2.75) is 45.4 Å². The van der Waals surface area contributed by atoms with Gasteiger partial charge in [0.25, 0.3) is 0 Å². The van der Waals surface area contributed by atoms with Crippen LogP contribution in [0, 0.1) is 5.92 Å². The smallest absolute Gasteiger partial charge is 0.225 e. The number of aliphatic imine (C=N–C) groups is 1. The van der Waals surface area contributed by atoms with Crippen molar-refractivity contribution in [1.29, 1.82) is 0 Å². The van der Waals surface area contributed by atoms with E-state index in [0.29, 0.717) is 11.8 Å². The van der Waals surface area contributed by atoms with Gasteiger partial charge in [-0.05, 0) is 19.3 Å². The number of amides is 1. The SMILES string of the molecule is CCc1cnc(CCNC(=NC)NCCN2CCN(C(=O)C3CCCC3)CC2)s1.I. The lowest BCUT2D eigenvalue weighted by Crippen LogP contribution is -2.52. The second-order valence-electron chi connectivity index (χ2n) is 7.90. The zero-order valence-electron chi connectivity index (χ0n) is 18.4. The maximum absolute atomic E-state index is 12.5. The molecule has 1 aromatic heterocycles. The lowest BCUT2D eigenvalue weighted by molar-refractivity contribution is -0.137. The number of nitrogens with one attached hydrogen (secondary N) is 2. The van der Waals surface area contributed by atoms with Crippen molar-refractivity contribution in [1.82, 2.24) is 25.4 Å². The molecule has 2 fully saturated rings. The van der Waals surface area contributed by atoms with Crippen molar-refractivity contribution < 1.29 is 4.79 Å². The molecule has 1 aliphatic carbocycles. The summed E-state index contributed by atoms with van der Waals surface area (Å²) in [6.45, 7) is 8.50. The molecule has 9 heteroatoms. The molecule has 1 saturated heterocycles. The van der Waals surface area contributed by atoms with Gasteiger partial charge in [-0.1, -0.05) is 19.8 Å². The van der Waals surface area contributed by atoms with Crippen LogP contribution in [0.4, 0.5) is 0 Å². The minimum absolute atomic E-state index is 0. The first kappa shape index (κ1) is 25.3.